The van der Waals surface area contributed by atoms with Crippen LogP contribution in [0.5, 0.6) is 0 Å². The molecule has 2 fully saturated rings. The minimum Gasteiger partial charge on any atom is -0.350 e. The topological polar surface area (TPSA) is 75.9 Å². The van der Waals surface area contributed by atoms with Crippen molar-refractivity contribution in [2.75, 3.05) is 18.0 Å². The maximum Gasteiger partial charge on any atom is 0.250 e. The Morgan fingerprint density at radius 3 is 2.36 bits per heavy atom. The second kappa shape index (κ2) is 6.74. The number of rotatable bonds is 3. The number of tetrazole rings is 1. The van der Waals surface area contributed by atoms with Crippen molar-refractivity contribution in [2.45, 2.75) is 30.7 Å². The van der Waals surface area contributed by atoms with Gasteiger partial charge >= 0.3 is 0 Å². The molecule has 7 nitrogen and oxygen atoms in total. The molecule has 5 rings (SSSR count). The van der Waals surface area contributed by atoms with Gasteiger partial charge < -0.3 is 10.2 Å². The van der Waals surface area contributed by atoms with Gasteiger partial charge in [0.15, 0.2) is 0 Å². The predicted molar refractivity (Wildman–Crippen MR) is 105 cm³/mol. The summed E-state index contributed by atoms with van der Waals surface area (Å²) < 4.78 is 1.78. The first-order valence-electron chi connectivity index (χ1n) is 9.70. The van der Waals surface area contributed by atoms with Crippen LogP contribution in [0.4, 0.5) is 5.95 Å². The van der Waals surface area contributed by atoms with Crippen LogP contribution >= 0.6 is 0 Å². The van der Waals surface area contributed by atoms with Crippen LogP contribution in [-0.2, 0) is 4.79 Å². The highest BCUT2D eigenvalue weighted by atomic mass is 16.2. The van der Waals surface area contributed by atoms with Crippen molar-refractivity contribution < 1.29 is 4.79 Å². The highest BCUT2D eigenvalue weighted by Gasteiger charge is 2.46. The Morgan fingerprint density at radius 2 is 1.64 bits per heavy atom. The Kier molecular flexibility index (Phi) is 4.07. The van der Waals surface area contributed by atoms with Crippen LogP contribution in [0, 0.1) is 0 Å². The molecule has 3 aromatic rings. The number of aromatic nitrogens is 4. The molecule has 142 valence electrons. The number of amides is 1. The third-order valence-electron chi connectivity index (χ3n) is 5.96. The lowest BCUT2D eigenvalue weighted by molar-refractivity contribution is -0.121. The zero-order valence-corrected chi connectivity index (χ0v) is 15.5. The zero-order valence-electron chi connectivity index (χ0n) is 15.5. The molecular formula is C21H22N6O. The van der Waals surface area contributed by atoms with Gasteiger partial charge in [-0.2, -0.15) is 4.68 Å². The molecule has 1 aromatic heterocycles. The fraction of sp³-hybridized carbons (Fsp3) is 0.333. The van der Waals surface area contributed by atoms with E-state index in [1.165, 1.54) is 0 Å². The average Bonchev–Trinajstić information content (AvgIpc) is 3.35. The van der Waals surface area contributed by atoms with Gasteiger partial charge in [0.05, 0.1) is 11.6 Å². The normalized spacial score (nSPS) is 21.1. The molecule has 7 heteroatoms. The fourth-order valence-electron chi connectivity index (χ4n) is 4.42. The molecule has 1 spiro atoms. The number of hydrogen-bond donors (Lipinski definition) is 1. The fourth-order valence-corrected chi connectivity index (χ4v) is 4.42. The molecule has 0 bridgehead atoms. The molecular weight excluding hydrogens is 352 g/mol. The van der Waals surface area contributed by atoms with Crippen LogP contribution in [0.3, 0.4) is 0 Å². The van der Waals surface area contributed by atoms with E-state index in [4.69, 9.17) is 0 Å². The number of nitrogens with zero attached hydrogens (tertiary/aromatic N) is 5. The molecule has 0 unspecified atom stereocenters. The highest BCUT2D eigenvalue weighted by Crippen LogP contribution is 2.39. The maximum absolute atomic E-state index is 12.6. The number of anilines is 1. The zero-order chi connectivity index (χ0) is 19.0. The van der Waals surface area contributed by atoms with Crippen molar-refractivity contribution in [2.24, 2.45) is 0 Å². The molecule has 2 aliphatic heterocycles. The third-order valence-corrected chi connectivity index (χ3v) is 5.96. The molecule has 28 heavy (non-hydrogen) atoms. The number of hydrogen-bond acceptors (Lipinski definition) is 5. The summed E-state index contributed by atoms with van der Waals surface area (Å²) in [4.78, 5) is 14.8. The first kappa shape index (κ1) is 16.9. The summed E-state index contributed by atoms with van der Waals surface area (Å²) in [5.74, 6) is 0.848. The van der Waals surface area contributed by atoms with E-state index in [2.05, 4.69) is 25.7 Å². The maximum atomic E-state index is 12.6. The Morgan fingerprint density at radius 1 is 0.964 bits per heavy atom. The van der Waals surface area contributed by atoms with E-state index in [0.29, 0.717) is 0 Å². The second-order valence-corrected chi connectivity index (χ2v) is 7.65. The van der Waals surface area contributed by atoms with E-state index in [1.807, 2.05) is 60.7 Å². The largest absolute Gasteiger partial charge is 0.350 e. The third kappa shape index (κ3) is 2.93. The van der Waals surface area contributed by atoms with Crippen LogP contribution in [-0.4, -0.2) is 44.7 Å². The van der Waals surface area contributed by atoms with E-state index >= 15 is 0 Å². The summed E-state index contributed by atoms with van der Waals surface area (Å²) in [6, 6.07) is 20.0. The van der Waals surface area contributed by atoms with Gasteiger partial charge in [0, 0.05) is 18.6 Å². The summed E-state index contributed by atoms with van der Waals surface area (Å²) in [5, 5.41) is 15.6. The number of piperidine rings is 1. The van der Waals surface area contributed by atoms with E-state index in [9.17, 15) is 4.79 Å². The number of nitrogens with one attached hydrogen (secondary N) is 1. The van der Waals surface area contributed by atoms with Gasteiger partial charge in [0.25, 0.3) is 0 Å². The van der Waals surface area contributed by atoms with Gasteiger partial charge in [-0.05, 0) is 47.4 Å². The SMILES string of the molecule is O=C1NC2(CCN(c3nnnn3-c3ccccc3)CC2)C[C@H]1c1ccccc1. The van der Waals surface area contributed by atoms with Crippen LogP contribution in [0.2, 0.25) is 0 Å². The Bertz CT molecular complexity index is 963. The summed E-state index contributed by atoms with van der Waals surface area (Å²) in [6.45, 7) is 1.63. The minimum absolute atomic E-state index is 0.0533. The molecule has 0 aliphatic carbocycles. The van der Waals surface area contributed by atoms with Gasteiger partial charge in [-0.1, -0.05) is 53.6 Å². The Balaban J connectivity index is 1.32. The highest BCUT2D eigenvalue weighted by molar-refractivity contribution is 5.87. The van der Waals surface area contributed by atoms with E-state index < -0.39 is 0 Å². The molecule has 2 aromatic carbocycles. The van der Waals surface area contributed by atoms with Crippen LogP contribution in [0.15, 0.2) is 60.7 Å². The van der Waals surface area contributed by atoms with Gasteiger partial charge in [0.2, 0.25) is 11.9 Å². The number of benzene rings is 2. The standard InChI is InChI=1S/C21H22N6O/c28-19-18(16-7-3-1-4-8-16)15-21(22-19)11-13-26(14-12-21)20-23-24-25-27(20)17-9-5-2-6-10-17/h1-10,18H,11-15H2,(H,22,28)/t18-/m0/s1. The van der Waals surface area contributed by atoms with Crippen molar-refractivity contribution in [3.63, 3.8) is 0 Å². The van der Waals surface area contributed by atoms with Gasteiger partial charge in [0.1, 0.15) is 0 Å². The molecule has 2 saturated heterocycles. The summed E-state index contributed by atoms with van der Waals surface area (Å²) in [5.41, 5.74) is 1.92. The summed E-state index contributed by atoms with van der Waals surface area (Å²) >= 11 is 0. The lowest BCUT2D eigenvalue weighted by atomic mass is 9.82. The Labute approximate surface area is 163 Å². The van der Waals surface area contributed by atoms with Crippen molar-refractivity contribution in [1.29, 1.82) is 0 Å². The molecule has 1 N–H and O–H groups in total. The monoisotopic (exact) mass is 374 g/mol. The number of carbonyl (C=O) groups excluding carboxylic acids is 1. The minimum atomic E-state index is -0.126. The number of para-hydroxylation sites is 1. The quantitative estimate of drug-likeness (QED) is 0.761. The van der Waals surface area contributed by atoms with Gasteiger partial charge in [-0.3, -0.25) is 4.79 Å². The first-order valence-corrected chi connectivity index (χ1v) is 9.70. The lowest BCUT2D eigenvalue weighted by Gasteiger charge is -2.39. The van der Waals surface area contributed by atoms with E-state index in [0.717, 1.165) is 49.6 Å². The summed E-state index contributed by atoms with van der Waals surface area (Å²) in [6.07, 6.45) is 2.64. The van der Waals surface area contributed by atoms with Crippen molar-refractivity contribution in [3.05, 3.63) is 66.2 Å². The first-order chi connectivity index (χ1) is 13.7. The molecule has 3 heterocycles. The number of carbonyl (C=O) groups is 1. The lowest BCUT2D eigenvalue weighted by Crippen LogP contribution is -2.51. The molecule has 0 saturated carbocycles. The van der Waals surface area contributed by atoms with Crippen LogP contribution in [0.25, 0.3) is 5.69 Å². The van der Waals surface area contributed by atoms with Crippen LogP contribution in [0.1, 0.15) is 30.7 Å². The van der Waals surface area contributed by atoms with Crippen LogP contribution < -0.4 is 10.2 Å². The smallest absolute Gasteiger partial charge is 0.250 e. The van der Waals surface area contributed by atoms with Gasteiger partial charge in [-0.15, -0.1) is 0 Å². The molecule has 0 radical (unpaired) electrons. The van der Waals surface area contributed by atoms with E-state index in [-0.39, 0.29) is 17.4 Å². The van der Waals surface area contributed by atoms with Gasteiger partial charge in [-0.25, -0.2) is 0 Å². The average molecular weight is 374 g/mol. The Hall–Kier alpha value is -3.22. The van der Waals surface area contributed by atoms with Crippen molar-refractivity contribution in [3.8, 4) is 5.69 Å². The molecule has 1 atom stereocenters. The summed E-state index contributed by atoms with van der Waals surface area (Å²) in [7, 11) is 0. The van der Waals surface area contributed by atoms with Crippen molar-refractivity contribution >= 4 is 11.9 Å². The second-order valence-electron chi connectivity index (χ2n) is 7.65. The molecule has 2 aliphatic rings. The predicted octanol–water partition coefficient (Wildman–Crippen LogP) is 2.30. The van der Waals surface area contributed by atoms with E-state index in [1.54, 1.807) is 4.68 Å². The van der Waals surface area contributed by atoms with Crippen molar-refractivity contribution in [1.82, 2.24) is 25.5 Å². The molecule has 1 amide bonds.